The highest BCUT2D eigenvalue weighted by Gasteiger charge is 2.43. The lowest BCUT2D eigenvalue weighted by molar-refractivity contribution is -0.126. The number of halogens is 1. The molecule has 5 atom stereocenters. The first-order valence-electron chi connectivity index (χ1n) is 7.61. The van der Waals surface area contributed by atoms with Crippen molar-refractivity contribution in [3.63, 3.8) is 0 Å². The number of alkyl halides is 1. The Kier molecular flexibility index (Phi) is 3.83. The molecule has 5 unspecified atom stereocenters. The summed E-state index contributed by atoms with van der Waals surface area (Å²) >= 11 is 5.98. The van der Waals surface area contributed by atoms with Crippen LogP contribution in [-0.4, -0.2) is 18.3 Å². The molecule has 0 saturated heterocycles. The molecule has 3 aliphatic rings. The lowest BCUT2D eigenvalue weighted by atomic mass is 9.88. The minimum atomic E-state index is 0.333. The summed E-state index contributed by atoms with van der Waals surface area (Å²) in [5.74, 6) is 4.24. The van der Waals surface area contributed by atoms with Crippen molar-refractivity contribution >= 4 is 17.5 Å². The van der Waals surface area contributed by atoms with Crippen LogP contribution < -0.4 is 5.32 Å². The summed E-state index contributed by atoms with van der Waals surface area (Å²) in [5, 5.41) is 3.22. The van der Waals surface area contributed by atoms with Crippen molar-refractivity contribution in [1.29, 1.82) is 0 Å². The molecule has 0 spiro atoms. The third kappa shape index (κ3) is 2.41. The third-order valence-electron chi connectivity index (χ3n) is 5.63. The van der Waals surface area contributed by atoms with Gasteiger partial charge in [-0.05, 0) is 55.8 Å². The molecule has 0 aliphatic heterocycles. The lowest BCUT2D eigenvalue weighted by Crippen LogP contribution is -2.37. The number of carbonyl (C=O) groups is 1. The van der Waals surface area contributed by atoms with E-state index in [4.69, 9.17) is 11.6 Å². The zero-order chi connectivity index (χ0) is 12.5. The minimum absolute atomic E-state index is 0.333. The first-order valence-corrected chi connectivity index (χ1v) is 8.15. The molecule has 1 amide bonds. The molecular formula is C15H24ClNO. The molecule has 3 rings (SSSR count). The molecule has 0 radical (unpaired) electrons. The van der Waals surface area contributed by atoms with E-state index >= 15 is 0 Å². The van der Waals surface area contributed by atoms with Gasteiger partial charge in [-0.3, -0.25) is 4.79 Å². The van der Waals surface area contributed by atoms with Crippen LogP contribution in [0.1, 0.15) is 44.9 Å². The highest BCUT2D eigenvalue weighted by atomic mass is 35.5. The number of fused-ring (bicyclic) bond motifs is 2. The molecule has 3 heteroatoms. The molecule has 0 heterocycles. The van der Waals surface area contributed by atoms with E-state index in [-0.39, 0.29) is 0 Å². The van der Waals surface area contributed by atoms with Crippen LogP contribution in [0.15, 0.2) is 0 Å². The molecule has 1 N–H and O–H groups in total. The van der Waals surface area contributed by atoms with Crippen molar-refractivity contribution in [2.45, 2.75) is 44.9 Å². The first kappa shape index (κ1) is 12.8. The summed E-state index contributed by atoms with van der Waals surface area (Å²) in [5.41, 5.74) is 0. The standard InChI is InChI=1S/C15H24ClNO/c16-8-12-2-1-3-13(12)9-17-15(18)14-7-10-4-5-11(14)6-10/h10-14H,1-9H2,(H,17,18). The van der Waals surface area contributed by atoms with Crippen molar-refractivity contribution in [2.75, 3.05) is 12.4 Å². The average Bonchev–Trinajstić information content (AvgIpc) is 3.10. The Bertz CT molecular complexity index is 320. The molecule has 18 heavy (non-hydrogen) atoms. The summed E-state index contributed by atoms with van der Waals surface area (Å²) in [6.07, 6.45) is 8.90. The number of rotatable bonds is 4. The Morgan fingerprint density at radius 1 is 1.11 bits per heavy atom. The molecule has 3 aliphatic carbocycles. The fraction of sp³-hybridized carbons (Fsp3) is 0.933. The maximum Gasteiger partial charge on any atom is 0.223 e. The molecule has 0 aromatic rings. The van der Waals surface area contributed by atoms with Gasteiger partial charge in [0.2, 0.25) is 5.91 Å². The summed E-state index contributed by atoms with van der Waals surface area (Å²) in [7, 11) is 0. The van der Waals surface area contributed by atoms with Crippen LogP contribution in [-0.2, 0) is 4.79 Å². The van der Waals surface area contributed by atoms with Gasteiger partial charge in [0.1, 0.15) is 0 Å². The van der Waals surface area contributed by atoms with Crippen LogP contribution in [0.5, 0.6) is 0 Å². The monoisotopic (exact) mass is 269 g/mol. The number of amides is 1. The van der Waals surface area contributed by atoms with Crippen molar-refractivity contribution in [1.82, 2.24) is 5.32 Å². The van der Waals surface area contributed by atoms with E-state index in [9.17, 15) is 4.79 Å². The van der Waals surface area contributed by atoms with E-state index in [1.54, 1.807) is 0 Å². The molecule has 0 aromatic carbocycles. The van der Waals surface area contributed by atoms with Gasteiger partial charge in [-0.2, -0.15) is 0 Å². The Morgan fingerprint density at radius 2 is 1.94 bits per heavy atom. The predicted octanol–water partition coefficient (Wildman–Crippen LogP) is 3.19. The van der Waals surface area contributed by atoms with Crippen molar-refractivity contribution < 1.29 is 4.79 Å². The van der Waals surface area contributed by atoms with Crippen LogP contribution in [0.2, 0.25) is 0 Å². The minimum Gasteiger partial charge on any atom is -0.356 e. The highest BCUT2D eigenvalue weighted by molar-refractivity contribution is 6.18. The number of carbonyl (C=O) groups excluding carboxylic acids is 1. The second-order valence-electron chi connectivity index (χ2n) is 6.63. The van der Waals surface area contributed by atoms with Gasteiger partial charge in [0, 0.05) is 18.3 Å². The van der Waals surface area contributed by atoms with Crippen molar-refractivity contribution in [3.05, 3.63) is 0 Å². The maximum atomic E-state index is 12.2. The van der Waals surface area contributed by atoms with E-state index in [2.05, 4.69) is 5.32 Å². The summed E-state index contributed by atoms with van der Waals surface area (Å²) in [6.45, 7) is 0.865. The molecule has 2 nitrogen and oxygen atoms in total. The second-order valence-corrected chi connectivity index (χ2v) is 6.94. The highest BCUT2D eigenvalue weighted by Crippen LogP contribution is 2.48. The van der Waals surface area contributed by atoms with Crippen LogP contribution in [0.25, 0.3) is 0 Å². The van der Waals surface area contributed by atoms with Gasteiger partial charge >= 0.3 is 0 Å². The van der Waals surface area contributed by atoms with Gasteiger partial charge in [0.25, 0.3) is 0 Å². The normalized spacial score (nSPS) is 42.4. The lowest BCUT2D eigenvalue weighted by Gasteiger charge is -2.23. The zero-order valence-corrected chi connectivity index (χ0v) is 11.8. The van der Waals surface area contributed by atoms with Gasteiger partial charge < -0.3 is 5.32 Å². The smallest absolute Gasteiger partial charge is 0.223 e. The largest absolute Gasteiger partial charge is 0.356 e. The Labute approximate surface area is 115 Å². The fourth-order valence-corrected chi connectivity index (χ4v) is 4.92. The number of nitrogens with one attached hydrogen (secondary N) is 1. The zero-order valence-electron chi connectivity index (χ0n) is 11.0. The Hall–Kier alpha value is -0.240. The van der Waals surface area contributed by atoms with Crippen LogP contribution in [0, 0.1) is 29.6 Å². The second kappa shape index (κ2) is 5.40. The van der Waals surface area contributed by atoms with Gasteiger partial charge in [-0.25, -0.2) is 0 Å². The molecule has 0 aromatic heterocycles. The quantitative estimate of drug-likeness (QED) is 0.781. The fourth-order valence-electron chi connectivity index (χ4n) is 4.51. The Morgan fingerprint density at radius 3 is 2.61 bits per heavy atom. The van der Waals surface area contributed by atoms with Crippen LogP contribution >= 0.6 is 11.6 Å². The van der Waals surface area contributed by atoms with Crippen molar-refractivity contribution in [3.8, 4) is 0 Å². The van der Waals surface area contributed by atoms with E-state index in [1.807, 2.05) is 0 Å². The number of hydrogen-bond acceptors (Lipinski definition) is 1. The van der Waals surface area contributed by atoms with Gasteiger partial charge in [-0.15, -0.1) is 11.6 Å². The van der Waals surface area contributed by atoms with E-state index in [0.717, 1.165) is 24.8 Å². The summed E-state index contributed by atoms with van der Waals surface area (Å²) in [6, 6.07) is 0. The molecule has 3 fully saturated rings. The van der Waals surface area contributed by atoms with Gasteiger partial charge in [-0.1, -0.05) is 12.8 Å². The average molecular weight is 270 g/mol. The van der Waals surface area contributed by atoms with E-state index in [1.165, 1.54) is 38.5 Å². The van der Waals surface area contributed by atoms with Crippen LogP contribution in [0.3, 0.4) is 0 Å². The molecule has 3 saturated carbocycles. The number of hydrogen-bond donors (Lipinski definition) is 1. The third-order valence-corrected chi connectivity index (χ3v) is 6.02. The van der Waals surface area contributed by atoms with Crippen molar-refractivity contribution in [2.24, 2.45) is 29.6 Å². The first-order chi connectivity index (χ1) is 8.78. The van der Waals surface area contributed by atoms with Crippen LogP contribution in [0.4, 0.5) is 0 Å². The molecular weight excluding hydrogens is 246 g/mol. The van der Waals surface area contributed by atoms with E-state index < -0.39 is 0 Å². The molecule has 2 bridgehead atoms. The van der Waals surface area contributed by atoms with Gasteiger partial charge in [0.05, 0.1) is 0 Å². The van der Waals surface area contributed by atoms with E-state index in [0.29, 0.717) is 29.6 Å². The Balaban J connectivity index is 1.47. The summed E-state index contributed by atoms with van der Waals surface area (Å²) in [4.78, 5) is 12.2. The molecule has 102 valence electrons. The maximum absolute atomic E-state index is 12.2. The van der Waals surface area contributed by atoms with Gasteiger partial charge in [0.15, 0.2) is 0 Å². The summed E-state index contributed by atoms with van der Waals surface area (Å²) < 4.78 is 0. The topological polar surface area (TPSA) is 29.1 Å². The SMILES string of the molecule is O=C(NCC1CCCC1CCl)C1CC2CCC1C2. The predicted molar refractivity (Wildman–Crippen MR) is 73.5 cm³/mol.